The molecule has 1 fully saturated rings. The molecule has 8 heteroatoms. The Kier molecular flexibility index (Phi) is 5.55. The van der Waals surface area contributed by atoms with E-state index < -0.39 is 5.82 Å². The van der Waals surface area contributed by atoms with Crippen LogP contribution < -0.4 is 10.6 Å². The molecule has 1 atom stereocenters. The zero-order valence-corrected chi connectivity index (χ0v) is 17.8. The Morgan fingerprint density at radius 2 is 1.94 bits per heavy atom. The van der Waals surface area contributed by atoms with Gasteiger partial charge in [0.2, 0.25) is 5.95 Å². The number of hydrogen-bond acceptors (Lipinski definition) is 7. The lowest BCUT2D eigenvalue weighted by atomic mass is 10.0. The normalized spacial score (nSPS) is 17.9. The van der Waals surface area contributed by atoms with Crippen molar-refractivity contribution in [1.82, 2.24) is 9.97 Å². The first-order valence-electron chi connectivity index (χ1n) is 10.6. The lowest BCUT2D eigenvalue weighted by molar-refractivity contribution is 0.0829. The molecular weight excluding hydrogens is 419 g/mol. The van der Waals surface area contributed by atoms with Gasteiger partial charge < -0.3 is 15.4 Å². The maximum atomic E-state index is 14.1. The molecule has 0 bridgehead atoms. The third-order valence-electron chi connectivity index (χ3n) is 5.78. The summed E-state index contributed by atoms with van der Waals surface area (Å²) in [5.41, 5.74) is 10.3. The molecule has 0 radical (unpaired) electrons. The van der Waals surface area contributed by atoms with Crippen LogP contribution >= 0.6 is 0 Å². The van der Waals surface area contributed by atoms with Gasteiger partial charge in [0.05, 0.1) is 30.1 Å². The van der Waals surface area contributed by atoms with E-state index in [1.807, 2.05) is 30.5 Å². The van der Waals surface area contributed by atoms with E-state index in [2.05, 4.69) is 32.0 Å². The van der Waals surface area contributed by atoms with E-state index in [1.165, 1.54) is 17.7 Å². The number of aromatic nitrogens is 2. The van der Waals surface area contributed by atoms with Crippen molar-refractivity contribution in [2.45, 2.75) is 12.5 Å². The van der Waals surface area contributed by atoms with Gasteiger partial charge in [-0.3, -0.25) is 4.99 Å². The van der Waals surface area contributed by atoms with Gasteiger partial charge in [-0.25, -0.2) is 9.37 Å². The van der Waals surface area contributed by atoms with E-state index in [9.17, 15) is 4.39 Å². The molecule has 0 aliphatic carbocycles. The van der Waals surface area contributed by atoms with Crippen LogP contribution in [0.1, 0.15) is 17.5 Å². The van der Waals surface area contributed by atoms with Crippen molar-refractivity contribution in [2.75, 3.05) is 30.3 Å². The van der Waals surface area contributed by atoms with Crippen molar-refractivity contribution in [1.29, 1.82) is 5.26 Å². The molecule has 0 saturated carbocycles. The molecule has 164 valence electrons. The quantitative estimate of drug-likeness (QED) is 0.662. The van der Waals surface area contributed by atoms with E-state index in [-0.39, 0.29) is 17.6 Å². The number of allylic oxidation sites excluding steroid dienone is 1. The molecule has 1 aromatic heterocycles. The molecule has 2 N–H and O–H groups in total. The number of ether oxygens (including phenoxy) is 1. The third-order valence-corrected chi connectivity index (χ3v) is 5.78. The highest BCUT2D eigenvalue weighted by Crippen LogP contribution is 2.29. The van der Waals surface area contributed by atoms with Crippen molar-refractivity contribution < 1.29 is 9.13 Å². The number of nitrogens with zero attached hydrogens (tertiary/aromatic N) is 5. The first-order valence-corrected chi connectivity index (χ1v) is 10.6. The van der Waals surface area contributed by atoms with Crippen LogP contribution in [0.3, 0.4) is 0 Å². The topological polar surface area (TPSA) is 100 Å². The largest absolute Gasteiger partial charge is 0.369 e. The highest BCUT2D eigenvalue weighted by atomic mass is 19.1. The average Bonchev–Trinajstić information content (AvgIpc) is 3.35. The Balaban J connectivity index is 1.34. The number of rotatable bonds is 4. The maximum absolute atomic E-state index is 14.1. The highest BCUT2D eigenvalue weighted by Gasteiger charge is 2.28. The summed E-state index contributed by atoms with van der Waals surface area (Å²) in [5, 5.41) is 8.97. The van der Waals surface area contributed by atoms with Gasteiger partial charge in [0.15, 0.2) is 0 Å². The molecule has 1 saturated heterocycles. The molecule has 0 spiro atoms. The van der Waals surface area contributed by atoms with E-state index in [0.29, 0.717) is 36.8 Å². The lowest BCUT2D eigenvalue weighted by Crippen LogP contribution is -2.46. The van der Waals surface area contributed by atoms with Crippen LogP contribution in [0.25, 0.3) is 16.8 Å². The van der Waals surface area contributed by atoms with Crippen LogP contribution in [-0.2, 0) is 4.74 Å². The SMILES string of the molecule is N#Cc1ccc(-c2cc(N3CCOC(C4=NC=C(c5ccccc5)C4)C3)nc(N)n2)cc1F. The minimum absolute atomic E-state index is 0.0159. The number of nitriles is 1. The Bertz CT molecular complexity index is 1300. The minimum Gasteiger partial charge on any atom is -0.369 e. The van der Waals surface area contributed by atoms with Gasteiger partial charge in [0.25, 0.3) is 0 Å². The fraction of sp³-hybridized carbons (Fsp3) is 0.200. The molecule has 3 heterocycles. The highest BCUT2D eigenvalue weighted by molar-refractivity contribution is 6.01. The summed E-state index contributed by atoms with van der Waals surface area (Å²) >= 11 is 0. The molecule has 33 heavy (non-hydrogen) atoms. The number of morpholine rings is 1. The molecule has 2 aromatic carbocycles. The summed E-state index contributed by atoms with van der Waals surface area (Å²) in [6.07, 6.45) is 2.49. The second-order valence-corrected chi connectivity index (χ2v) is 7.90. The van der Waals surface area contributed by atoms with Crippen LogP contribution in [0, 0.1) is 17.1 Å². The van der Waals surface area contributed by atoms with Gasteiger partial charge in [-0.15, -0.1) is 0 Å². The standard InChI is InChI=1S/C25H21FN6O/c26-20-10-17(6-7-18(20)13-27)21-12-24(31-25(28)30-21)32-8-9-33-23(15-32)22-11-19(14-29-22)16-4-2-1-3-5-16/h1-7,10,12,14,23H,8-9,11,15H2,(H2,28,30,31). The molecule has 5 rings (SSSR count). The average molecular weight is 440 g/mol. The smallest absolute Gasteiger partial charge is 0.222 e. The number of benzene rings is 2. The van der Waals surface area contributed by atoms with Crippen LogP contribution in [0.15, 0.2) is 65.8 Å². The molecule has 2 aliphatic rings. The molecule has 3 aromatic rings. The number of hydrogen-bond donors (Lipinski definition) is 1. The lowest BCUT2D eigenvalue weighted by Gasteiger charge is -2.34. The summed E-state index contributed by atoms with van der Waals surface area (Å²) in [6.45, 7) is 1.74. The third kappa shape index (κ3) is 4.31. The monoisotopic (exact) mass is 440 g/mol. The van der Waals surface area contributed by atoms with Crippen molar-refractivity contribution in [3.05, 3.63) is 77.7 Å². The van der Waals surface area contributed by atoms with Gasteiger partial charge in [-0.05, 0) is 23.3 Å². The van der Waals surface area contributed by atoms with Crippen LogP contribution in [0.4, 0.5) is 16.2 Å². The second-order valence-electron chi connectivity index (χ2n) is 7.90. The van der Waals surface area contributed by atoms with Gasteiger partial charge >= 0.3 is 0 Å². The number of nitrogens with two attached hydrogens (primary N) is 1. The summed E-state index contributed by atoms with van der Waals surface area (Å²) in [5.74, 6) is 0.146. The van der Waals surface area contributed by atoms with Crippen LogP contribution in [-0.4, -0.2) is 41.5 Å². The van der Waals surface area contributed by atoms with Crippen molar-refractivity contribution in [2.24, 2.45) is 4.99 Å². The summed E-state index contributed by atoms with van der Waals surface area (Å²) in [7, 11) is 0. The van der Waals surface area contributed by atoms with Gasteiger partial charge in [-0.2, -0.15) is 10.2 Å². The van der Waals surface area contributed by atoms with Crippen molar-refractivity contribution in [3.8, 4) is 17.3 Å². The van der Waals surface area contributed by atoms with E-state index in [4.69, 9.17) is 15.7 Å². The predicted octanol–water partition coefficient (Wildman–Crippen LogP) is 3.83. The van der Waals surface area contributed by atoms with Crippen molar-refractivity contribution >= 4 is 23.1 Å². The molecular formula is C25H21FN6O. The summed E-state index contributed by atoms with van der Waals surface area (Å²) in [4.78, 5) is 15.4. The summed E-state index contributed by atoms with van der Waals surface area (Å²) in [6, 6.07) is 18.2. The van der Waals surface area contributed by atoms with E-state index >= 15 is 0 Å². The van der Waals surface area contributed by atoms with Gasteiger partial charge in [-0.1, -0.05) is 36.4 Å². The van der Waals surface area contributed by atoms with E-state index in [0.717, 1.165) is 17.7 Å². The molecule has 0 amide bonds. The fourth-order valence-electron chi connectivity index (χ4n) is 4.06. The van der Waals surface area contributed by atoms with Gasteiger partial charge in [0.1, 0.15) is 23.8 Å². The number of nitrogen functional groups attached to an aromatic ring is 1. The number of anilines is 2. The zero-order valence-electron chi connectivity index (χ0n) is 17.8. The van der Waals surface area contributed by atoms with Crippen LogP contribution in [0.2, 0.25) is 0 Å². The van der Waals surface area contributed by atoms with E-state index in [1.54, 1.807) is 12.1 Å². The first-order chi connectivity index (χ1) is 16.1. The Labute approximate surface area is 190 Å². The molecule has 2 aliphatic heterocycles. The number of halogens is 1. The number of aliphatic imine (C=N–C) groups is 1. The Morgan fingerprint density at radius 3 is 2.73 bits per heavy atom. The first kappa shape index (κ1) is 20.8. The Hall–Kier alpha value is -4.09. The zero-order chi connectivity index (χ0) is 22.8. The fourth-order valence-corrected chi connectivity index (χ4v) is 4.06. The second kappa shape index (κ2) is 8.81. The molecule has 1 unspecified atom stereocenters. The predicted molar refractivity (Wildman–Crippen MR) is 125 cm³/mol. The van der Waals surface area contributed by atoms with Crippen LogP contribution in [0.5, 0.6) is 0 Å². The van der Waals surface area contributed by atoms with Gasteiger partial charge in [0, 0.05) is 30.8 Å². The maximum Gasteiger partial charge on any atom is 0.222 e. The Morgan fingerprint density at radius 1 is 1.09 bits per heavy atom. The van der Waals surface area contributed by atoms with Crippen molar-refractivity contribution in [3.63, 3.8) is 0 Å². The summed E-state index contributed by atoms with van der Waals surface area (Å²) < 4.78 is 20.2. The minimum atomic E-state index is -0.596. The molecule has 7 nitrogen and oxygen atoms in total.